The van der Waals surface area contributed by atoms with Gasteiger partial charge in [-0.2, -0.15) is 0 Å². The molecule has 1 amide bonds. The van der Waals surface area contributed by atoms with Gasteiger partial charge in [-0.1, -0.05) is 0 Å². The minimum atomic E-state index is -2.50. The highest BCUT2D eigenvalue weighted by Crippen LogP contribution is 2.56. The average molecular weight is 241 g/mol. The minimum Gasteiger partial charge on any atom is -0.340 e. The van der Waals surface area contributed by atoms with Crippen molar-refractivity contribution in [3.63, 3.8) is 0 Å². The first kappa shape index (κ1) is 12.6. The van der Waals surface area contributed by atoms with Crippen LogP contribution >= 0.6 is 12.4 Å². The molecule has 0 aromatic carbocycles. The summed E-state index contributed by atoms with van der Waals surface area (Å²) in [6.07, 6.45) is -0.133. The lowest BCUT2D eigenvalue weighted by Gasteiger charge is -2.58. The summed E-state index contributed by atoms with van der Waals surface area (Å²) >= 11 is 0. The molecule has 1 saturated heterocycles. The standard InChI is InChI=1S/C9H14F2N2O.ClH/c1-6(12)7(14)13-4-8(5-13)2-9(10,11)3-8;/h6H,2-5,12H2,1H3;1H/t6-;/m1./s1. The van der Waals surface area contributed by atoms with Gasteiger partial charge in [-0.15, -0.1) is 12.4 Å². The Hall–Kier alpha value is -0.420. The molecule has 3 nitrogen and oxygen atoms in total. The summed E-state index contributed by atoms with van der Waals surface area (Å²) in [6.45, 7) is 2.54. The molecular formula is C9H15ClF2N2O. The van der Waals surface area contributed by atoms with Crippen LogP contribution in [0.3, 0.4) is 0 Å². The molecule has 1 aliphatic carbocycles. The highest BCUT2D eigenvalue weighted by Gasteiger charge is 2.62. The molecule has 0 radical (unpaired) electrons. The number of amides is 1. The van der Waals surface area contributed by atoms with Crippen molar-refractivity contribution < 1.29 is 13.6 Å². The molecule has 1 heterocycles. The van der Waals surface area contributed by atoms with Gasteiger partial charge >= 0.3 is 0 Å². The number of carbonyl (C=O) groups excluding carboxylic acids is 1. The molecule has 88 valence electrons. The SMILES string of the molecule is C[C@@H](N)C(=O)N1CC2(C1)CC(F)(F)C2.Cl. The van der Waals surface area contributed by atoms with E-state index in [2.05, 4.69) is 0 Å². The van der Waals surface area contributed by atoms with Crippen LogP contribution in [0.2, 0.25) is 0 Å². The summed E-state index contributed by atoms with van der Waals surface area (Å²) in [5, 5.41) is 0. The molecule has 1 saturated carbocycles. The molecule has 2 aliphatic rings. The van der Waals surface area contributed by atoms with E-state index in [-0.39, 0.29) is 36.6 Å². The van der Waals surface area contributed by atoms with Crippen LogP contribution in [0.4, 0.5) is 8.78 Å². The summed E-state index contributed by atoms with van der Waals surface area (Å²) in [5.74, 6) is -2.63. The fourth-order valence-corrected chi connectivity index (χ4v) is 2.48. The van der Waals surface area contributed by atoms with Gasteiger partial charge < -0.3 is 10.6 Å². The summed E-state index contributed by atoms with van der Waals surface area (Å²) in [7, 11) is 0. The van der Waals surface area contributed by atoms with E-state index >= 15 is 0 Å². The zero-order valence-corrected chi connectivity index (χ0v) is 9.32. The molecule has 2 N–H and O–H groups in total. The molecule has 0 bridgehead atoms. The molecule has 2 fully saturated rings. The second-order valence-electron chi connectivity index (χ2n) is 4.69. The zero-order valence-electron chi connectivity index (χ0n) is 8.50. The van der Waals surface area contributed by atoms with Gasteiger partial charge in [-0.3, -0.25) is 4.79 Å². The van der Waals surface area contributed by atoms with Crippen LogP contribution in [-0.2, 0) is 4.79 Å². The van der Waals surface area contributed by atoms with Crippen molar-refractivity contribution in [2.75, 3.05) is 13.1 Å². The maximum atomic E-state index is 12.6. The number of likely N-dealkylation sites (tertiary alicyclic amines) is 1. The maximum absolute atomic E-state index is 12.6. The lowest BCUT2D eigenvalue weighted by molar-refractivity contribution is -0.215. The molecule has 15 heavy (non-hydrogen) atoms. The van der Waals surface area contributed by atoms with Gasteiger partial charge in [0.25, 0.3) is 0 Å². The van der Waals surface area contributed by atoms with Gasteiger partial charge in [0.15, 0.2) is 0 Å². The Labute approximate surface area is 93.4 Å². The van der Waals surface area contributed by atoms with Crippen LogP contribution in [0.5, 0.6) is 0 Å². The second-order valence-corrected chi connectivity index (χ2v) is 4.69. The Morgan fingerprint density at radius 1 is 1.40 bits per heavy atom. The molecule has 0 unspecified atom stereocenters. The van der Waals surface area contributed by atoms with E-state index in [4.69, 9.17) is 5.73 Å². The van der Waals surface area contributed by atoms with E-state index in [0.717, 1.165) is 0 Å². The Kier molecular flexibility index (Phi) is 3.00. The molecule has 1 aliphatic heterocycles. The number of hydrogen-bond acceptors (Lipinski definition) is 2. The highest BCUT2D eigenvalue weighted by molar-refractivity contribution is 5.85. The van der Waals surface area contributed by atoms with Crippen molar-refractivity contribution in [3.8, 4) is 0 Å². The van der Waals surface area contributed by atoms with Gasteiger partial charge in [-0.05, 0) is 6.92 Å². The van der Waals surface area contributed by atoms with Crippen LogP contribution in [0, 0.1) is 5.41 Å². The van der Waals surface area contributed by atoms with Gasteiger partial charge in [0.05, 0.1) is 6.04 Å². The zero-order chi connectivity index (χ0) is 10.6. The third-order valence-electron chi connectivity index (χ3n) is 3.02. The number of rotatable bonds is 1. The summed E-state index contributed by atoms with van der Waals surface area (Å²) in [4.78, 5) is 12.9. The Morgan fingerprint density at radius 2 is 1.87 bits per heavy atom. The van der Waals surface area contributed by atoms with Crippen LogP contribution in [0.25, 0.3) is 0 Å². The monoisotopic (exact) mass is 240 g/mol. The summed E-state index contributed by atoms with van der Waals surface area (Å²) in [6, 6.07) is -0.520. The average Bonchev–Trinajstić information content (AvgIpc) is 1.93. The summed E-state index contributed by atoms with van der Waals surface area (Å²) < 4.78 is 25.2. The van der Waals surface area contributed by atoms with E-state index in [1.165, 1.54) is 0 Å². The molecule has 1 atom stereocenters. The van der Waals surface area contributed by atoms with Gasteiger partial charge in [0.2, 0.25) is 11.8 Å². The van der Waals surface area contributed by atoms with E-state index in [1.807, 2.05) is 0 Å². The smallest absolute Gasteiger partial charge is 0.249 e. The molecule has 0 aromatic heterocycles. The minimum absolute atomic E-state index is 0. The summed E-state index contributed by atoms with van der Waals surface area (Å²) in [5.41, 5.74) is 5.12. The van der Waals surface area contributed by atoms with Crippen LogP contribution in [-0.4, -0.2) is 35.9 Å². The van der Waals surface area contributed by atoms with Crippen LogP contribution < -0.4 is 5.73 Å². The first-order chi connectivity index (χ1) is 6.34. The number of halogens is 3. The van der Waals surface area contributed by atoms with Crippen LogP contribution in [0.15, 0.2) is 0 Å². The fraction of sp³-hybridized carbons (Fsp3) is 0.889. The number of carbonyl (C=O) groups is 1. The van der Waals surface area contributed by atoms with Gasteiger partial charge in [0.1, 0.15) is 0 Å². The lowest BCUT2D eigenvalue weighted by Crippen LogP contribution is -2.68. The quantitative estimate of drug-likeness (QED) is 0.744. The number of nitrogens with two attached hydrogens (primary N) is 1. The predicted octanol–water partition coefficient (Wildman–Crippen LogP) is 1.01. The number of nitrogens with zero attached hydrogens (tertiary/aromatic N) is 1. The first-order valence-electron chi connectivity index (χ1n) is 4.76. The van der Waals surface area contributed by atoms with Crippen molar-refractivity contribution >= 4 is 18.3 Å². The van der Waals surface area contributed by atoms with Crippen molar-refractivity contribution in [1.82, 2.24) is 4.90 Å². The number of alkyl halides is 2. The predicted molar refractivity (Wildman–Crippen MR) is 54.1 cm³/mol. The molecular weight excluding hydrogens is 226 g/mol. The first-order valence-corrected chi connectivity index (χ1v) is 4.76. The largest absolute Gasteiger partial charge is 0.340 e. The van der Waals surface area contributed by atoms with Gasteiger partial charge in [0, 0.05) is 31.3 Å². The van der Waals surface area contributed by atoms with Crippen molar-refractivity contribution in [2.45, 2.75) is 31.7 Å². The lowest BCUT2D eigenvalue weighted by atomic mass is 9.61. The Bertz CT molecular complexity index is 267. The molecule has 6 heteroatoms. The van der Waals surface area contributed by atoms with E-state index in [1.54, 1.807) is 11.8 Å². The normalized spacial score (nSPS) is 27.3. The Morgan fingerprint density at radius 3 is 2.20 bits per heavy atom. The Balaban J connectivity index is 0.00000112. The third kappa shape index (κ3) is 2.08. The van der Waals surface area contributed by atoms with E-state index < -0.39 is 12.0 Å². The fourth-order valence-electron chi connectivity index (χ4n) is 2.48. The molecule has 0 aromatic rings. The van der Waals surface area contributed by atoms with Gasteiger partial charge in [-0.25, -0.2) is 8.78 Å². The molecule has 1 spiro atoms. The second kappa shape index (κ2) is 3.56. The van der Waals surface area contributed by atoms with Crippen LogP contribution in [0.1, 0.15) is 19.8 Å². The maximum Gasteiger partial charge on any atom is 0.249 e. The number of hydrogen-bond donors (Lipinski definition) is 1. The van der Waals surface area contributed by atoms with Crippen molar-refractivity contribution in [3.05, 3.63) is 0 Å². The van der Waals surface area contributed by atoms with Crippen molar-refractivity contribution in [1.29, 1.82) is 0 Å². The van der Waals surface area contributed by atoms with E-state index in [0.29, 0.717) is 13.1 Å². The molecule has 2 rings (SSSR count). The topological polar surface area (TPSA) is 46.3 Å². The highest BCUT2D eigenvalue weighted by atomic mass is 35.5. The van der Waals surface area contributed by atoms with Crippen molar-refractivity contribution in [2.24, 2.45) is 11.1 Å². The third-order valence-corrected chi connectivity index (χ3v) is 3.02. The van der Waals surface area contributed by atoms with E-state index in [9.17, 15) is 13.6 Å².